The largest absolute Gasteiger partial charge is 0.480 e. The van der Waals surface area contributed by atoms with Gasteiger partial charge in [-0.1, -0.05) is 5.92 Å². The van der Waals surface area contributed by atoms with E-state index in [1.165, 1.54) is 29.2 Å². The van der Waals surface area contributed by atoms with E-state index in [-0.39, 0.29) is 11.1 Å². The first kappa shape index (κ1) is 16.9. The molecule has 0 saturated carbocycles. The Morgan fingerprint density at radius 1 is 1.17 bits per heavy atom. The van der Waals surface area contributed by atoms with E-state index in [2.05, 4.69) is 0 Å². The summed E-state index contributed by atoms with van der Waals surface area (Å²) >= 11 is 0. The predicted octanol–water partition coefficient (Wildman–Crippen LogP) is 2.68. The molecule has 122 valence electrons. The number of carboxylic acid groups (broad SMARTS) is 1. The van der Waals surface area contributed by atoms with Crippen molar-refractivity contribution in [2.45, 2.75) is 31.5 Å². The fraction of sp³-hybridized carbons (Fsp3) is 0.375. The molecule has 0 radical (unpaired) electrons. The molecule has 7 heteroatoms. The van der Waals surface area contributed by atoms with Gasteiger partial charge in [0.1, 0.15) is 6.04 Å². The number of carbonyl (C=O) groups excluding carboxylic acids is 1. The van der Waals surface area contributed by atoms with Crippen LogP contribution in [0.2, 0.25) is 0 Å². The van der Waals surface area contributed by atoms with Crippen LogP contribution in [0.25, 0.3) is 0 Å². The first-order chi connectivity index (χ1) is 10.8. The van der Waals surface area contributed by atoms with Crippen molar-refractivity contribution in [3.63, 3.8) is 0 Å². The molecule has 1 fully saturated rings. The van der Waals surface area contributed by atoms with Crippen LogP contribution >= 0.6 is 0 Å². The van der Waals surface area contributed by atoms with Gasteiger partial charge in [-0.25, -0.2) is 4.79 Å². The third-order valence-electron chi connectivity index (χ3n) is 3.53. The number of piperidine rings is 1. The molecule has 1 unspecified atom stereocenters. The highest BCUT2D eigenvalue weighted by atomic mass is 19.4. The number of aliphatic carboxylic acids is 1. The SMILES string of the molecule is O=C(O)C1CCCCN1C(=O)c1ccc(C#CC(F)(F)F)cc1. The lowest BCUT2D eigenvalue weighted by atomic mass is 10.0. The van der Waals surface area contributed by atoms with Gasteiger partial charge in [-0.2, -0.15) is 13.2 Å². The van der Waals surface area contributed by atoms with E-state index in [9.17, 15) is 27.9 Å². The van der Waals surface area contributed by atoms with Gasteiger partial charge in [-0.05, 0) is 43.5 Å². The Bertz CT molecular complexity index is 656. The second kappa shape index (κ2) is 6.73. The van der Waals surface area contributed by atoms with E-state index in [0.29, 0.717) is 13.0 Å². The first-order valence-corrected chi connectivity index (χ1v) is 7.02. The minimum absolute atomic E-state index is 0.132. The summed E-state index contributed by atoms with van der Waals surface area (Å²) in [7, 11) is 0. The zero-order chi connectivity index (χ0) is 17.0. The standard InChI is InChI=1S/C16H14F3NO3/c17-16(18,19)9-8-11-4-6-12(7-5-11)14(21)20-10-2-1-3-13(20)15(22)23/h4-7,13H,1-3,10H2,(H,22,23). The van der Waals surface area contributed by atoms with Gasteiger partial charge in [-0.3, -0.25) is 4.79 Å². The molecule has 0 bridgehead atoms. The first-order valence-electron chi connectivity index (χ1n) is 7.02. The van der Waals surface area contributed by atoms with Crippen LogP contribution in [0.1, 0.15) is 35.2 Å². The quantitative estimate of drug-likeness (QED) is 0.851. The van der Waals surface area contributed by atoms with E-state index in [1.807, 2.05) is 5.92 Å². The second-order valence-electron chi connectivity index (χ2n) is 5.17. The number of amides is 1. The second-order valence-corrected chi connectivity index (χ2v) is 5.17. The van der Waals surface area contributed by atoms with E-state index >= 15 is 0 Å². The molecule has 1 atom stereocenters. The molecular weight excluding hydrogens is 311 g/mol. The summed E-state index contributed by atoms with van der Waals surface area (Å²) in [5.74, 6) is 1.62. The fourth-order valence-corrected chi connectivity index (χ4v) is 2.44. The number of carbonyl (C=O) groups is 2. The molecule has 1 saturated heterocycles. The number of hydrogen-bond donors (Lipinski definition) is 1. The molecule has 1 amide bonds. The van der Waals surface area contributed by atoms with E-state index in [4.69, 9.17) is 0 Å². The smallest absolute Gasteiger partial charge is 0.458 e. The van der Waals surface area contributed by atoms with Gasteiger partial charge in [0.2, 0.25) is 0 Å². The van der Waals surface area contributed by atoms with Crippen molar-refractivity contribution in [1.29, 1.82) is 0 Å². The summed E-state index contributed by atoms with van der Waals surface area (Å²) in [6.07, 6.45) is -2.70. The summed E-state index contributed by atoms with van der Waals surface area (Å²) in [5.41, 5.74) is 0.364. The highest BCUT2D eigenvalue weighted by Gasteiger charge is 2.32. The molecule has 0 spiro atoms. The van der Waals surface area contributed by atoms with Crippen molar-refractivity contribution in [2.75, 3.05) is 6.54 Å². The highest BCUT2D eigenvalue weighted by Crippen LogP contribution is 2.20. The van der Waals surface area contributed by atoms with Gasteiger partial charge in [-0.15, -0.1) is 0 Å². The van der Waals surface area contributed by atoms with Gasteiger partial charge >= 0.3 is 12.1 Å². The van der Waals surface area contributed by atoms with Gasteiger partial charge in [0.15, 0.2) is 0 Å². The molecule has 23 heavy (non-hydrogen) atoms. The Labute approximate surface area is 130 Å². The third-order valence-corrected chi connectivity index (χ3v) is 3.53. The minimum Gasteiger partial charge on any atom is -0.480 e. The van der Waals surface area contributed by atoms with Gasteiger partial charge < -0.3 is 10.0 Å². The van der Waals surface area contributed by atoms with E-state index < -0.39 is 24.1 Å². The van der Waals surface area contributed by atoms with Crippen LogP contribution in [0, 0.1) is 11.8 Å². The molecule has 0 aliphatic carbocycles. The van der Waals surface area contributed by atoms with Crippen molar-refractivity contribution >= 4 is 11.9 Å². The lowest BCUT2D eigenvalue weighted by Gasteiger charge is -2.33. The van der Waals surface area contributed by atoms with Crippen molar-refractivity contribution in [3.8, 4) is 11.8 Å². The van der Waals surface area contributed by atoms with Crippen LogP contribution in [-0.2, 0) is 4.79 Å². The van der Waals surface area contributed by atoms with Gasteiger partial charge in [0, 0.05) is 23.6 Å². The fourth-order valence-electron chi connectivity index (χ4n) is 2.44. The zero-order valence-corrected chi connectivity index (χ0v) is 12.1. The van der Waals surface area contributed by atoms with Crippen molar-refractivity contribution in [3.05, 3.63) is 35.4 Å². The maximum Gasteiger partial charge on any atom is 0.458 e. The van der Waals surface area contributed by atoms with Crippen molar-refractivity contribution in [1.82, 2.24) is 4.90 Å². The number of halogens is 3. The molecule has 1 heterocycles. The molecule has 2 rings (SSSR count). The molecule has 1 aromatic carbocycles. The maximum atomic E-state index is 12.4. The Hall–Kier alpha value is -2.49. The van der Waals surface area contributed by atoms with Crippen molar-refractivity contribution < 1.29 is 27.9 Å². The van der Waals surface area contributed by atoms with Gasteiger partial charge in [0.05, 0.1) is 0 Å². The van der Waals surface area contributed by atoms with Crippen LogP contribution in [0.15, 0.2) is 24.3 Å². The summed E-state index contributed by atoms with van der Waals surface area (Å²) in [4.78, 5) is 24.9. The summed E-state index contributed by atoms with van der Waals surface area (Å²) in [6, 6.07) is 4.48. The Morgan fingerprint density at radius 2 is 1.83 bits per heavy atom. The zero-order valence-electron chi connectivity index (χ0n) is 12.1. The highest BCUT2D eigenvalue weighted by molar-refractivity contribution is 5.96. The summed E-state index contributed by atoms with van der Waals surface area (Å²) in [5, 5.41) is 9.18. The van der Waals surface area contributed by atoms with Crippen LogP contribution in [0.3, 0.4) is 0 Å². The molecule has 0 aromatic heterocycles. The molecular formula is C16H14F3NO3. The van der Waals surface area contributed by atoms with Gasteiger partial charge in [0.25, 0.3) is 5.91 Å². The number of carboxylic acids is 1. The van der Waals surface area contributed by atoms with Crippen molar-refractivity contribution in [2.24, 2.45) is 0 Å². The van der Waals surface area contributed by atoms with Crippen LogP contribution < -0.4 is 0 Å². The normalized spacial score (nSPS) is 18.0. The van der Waals surface area contributed by atoms with E-state index in [1.54, 1.807) is 0 Å². The molecule has 1 N–H and O–H groups in total. The lowest BCUT2D eigenvalue weighted by molar-refractivity contribution is -0.143. The Balaban J connectivity index is 2.16. The van der Waals surface area contributed by atoms with Crippen LogP contribution in [-0.4, -0.2) is 40.6 Å². The topological polar surface area (TPSA) is 57.6 Å². The van der Waals surface area contributed by atoms with Crippen LogP contribution in [0.4, 0.5) is 13.2 Å². The molecule has 4 nitrogen and oxygen atoms in total. The number of likely N-dealkylation sites (tertiary alicyclic amines) is 1. The number of nitrogens with zero attached hydrogens (tertiary/aromatic N) is 1. The summed E-state index contributed by atoms with van der Waals surface area (Å²) < 4.78 is 36.1. The number of benzene rings is 1. The maximum absolute atomic E-state index is 12.4. The van der Waals surface area contributed by atoms with E-state index in [0.717, 1.165) is 18.8 Å². The average molecular weight is 325 g/mol. The molecule has 1 aliphatic heterocycles. The predicted molar refractivity (Wildman–Crippen MR) is 75.7 cm³/mol. The third kappa shape index (κ3) is 4.49. The number of hydrogen-bond acceptors (Lipinski definition) is 2. The Morgan fingerprint density at radius 3 is 2.39 bits per heavy atom. The lowest BCUT2D eigenvalue weighted by Crippen LogP contribution is -2.47. The monoisotopic (exact) mass is 325 g/mol. The average Bonchev–Trinajstić information content (AvgIpc) is 2.52. The molecule has 1 aliphatic rings. The summed E-state index contributed by atoms with van der Waals surface area (Å²) in [6.45, 7) is 0.353. The molecule has 1 aromatic rings. The van der Waals surface area contributed by atoms with Crippen LogP contribution in [0.5, 0.6) is 0 Å². The number of rotatable bonds is 2. The minimum atomic E-state index is -4.57. The Kier molecular flexibility index (Phi) is 4.94. The number of alkyl halides is 3.